The van der Waals surface area contributed by atoms with Crippen LogP contribution in [0.3, 0.4) is 0 Å². The van der Waals surface area contributed by atoms with E-state index >= 15 is 0 Å². The summed E-state index contributed by atoms with van der Waals surface area (Å²) in [5, 5.41) is 6.32. The smallest absolute Gasteiger partial charge is 0.0522 e. The average molecular weight is 309 g/mol. The molecule has 2 rings (SSSR count). The molecule has 2 nitrogen and oxygen atoms in total. The van der Waals surface area contributed by atoms with Crippen LogP contribution in [0.2, 0.25) is 5.02 Å². The summed E-state index contributed by atoms with van der Waals surface area (Å²) in [6.45, 7) is 8.07. The molecule has 0 aliphatic heterocycles. The Kier molecular flexibility index (Phi) is 5.89. The first-order valence-electron chi connectivity index (χ1n) is 7.01. The van der Waals surface area contributed by atoms with Gasteiger partial charge in [0.05, 0.1) is 6.54 Å². The van der Waals surface area contributed by atoms with Crippen LogP contribution in [0.5, 0.6) is 0 Å². The van der Waals surface area contributed by atoms with E-state index in [-0.39, 0.29) is 0 Å². The number of nitrogens with zero attached hydrogens (tertiary/aromatic N) is 1. The van der Waals surface area contributed by atoms with Crippen molar-refractivity contribution in [1.29, 1.82) is 0 Å². The summed E-state index contributed by atoms with van der Waals surface area (Å²) < 4.78 is 0. The number of benzene rings is 1. The van der Waals surface area contributed by atoms with E-state index in [4.69, 9.17) is 11.6 Å². The van der Waals surface area contributed by atoms with E-state index in [1.807, 2.05) is 6.07 Å². The molecule has 1 heterocycles. The predicted molar refractivity (Wildman–Crippen MR) is 89.9 cm³/mol. The molecular formula is C16H21ClN2S. The number of hydrogen-bond donors (Lipinski definition) is 1. The van der Waals surface area contributed by atoms with Crippen molar-refractivity contribution in [3.05, 3.63) is 51.2 Å². The highest BCUT2D eigenvalue weighted by atomic mass is 35.5. The van der Waals surface area contributed by atoms with E-state index in [0.29, 0.717) is 0 Å². The number of hydrogen-bond acceptors (Lipinski definition) is 3. The van der Waals surface area contributed by atoms with Crippen LogP contribution in [0.25, 0.3) is 0 Å². The number of anilines is 1. The summed E-state index contributed by atoms with van der Waals surface area (Å²) in [4.78, 5) is 3.78. The van der Waals surface area contributed by atoms with Gasteiger partial charge in [0, 0.05) is 28.7 Å². The minimum Gasteiger partial charge on any atom is -0.366 e. The molecule has 0 amide bonds. The quantitative estimate of drug-likeness (QED) is 0.808. The van der Waals surface area contributed by atoms with Crippen molar-refractivity contribution >= 4 is 28.6 Å². The molecule has 0 bridgehead atoms. The minimum atomic E-state index is 0.800. The molecule has 0 unspecified atom stereocenters. The SMILES string of the molecule is CCNCc1cc(Cl)ccc1N(CC)Cc1cccs1. The molecular weight excluding hydrogens is 288 g/mol. The van der Waals surface area contributed by atoms with Gasteiger partial charge in [0.15, 0.2) is 0 Å². The Morgan fingerprint density at radius 2 is 2.10 bits per heavy atom. The Balaban J connectivity index is 2.23. The van der Waals surface area contributed by atoms with Crippen LogP contribution >= 0.6 is 22.9 Å². The van der Waals surface area contributed by atoms with E-state index in [0.717, 1.165) is 31.2 Å². The van der Waals surface area contributed by atoms with E-state index < -0.39 is 0 Å². The van der Waals surface area contributed by atoms with Gasteiger partial charge in [-0.2, -0.15) is 0 Å². The third kappa shape index (κ3) is 3.98. The predicted octanol–water partition coefficient (Wildman–Crippen LogP) is 4.54. The first kappa shape index (κ1) is 15.4. The zero-order chi connectivity index (χ0) is 14.4. The lowest BCUT2D eigenvalue weighted by atomic mass is 10.1. The van der Waals surface area contributed by atoms with Crippen LogP contribution in [-0.4, -0.2) is 13.1 Å². The zero-order valence-electron chi connectivity index (χ0n) is 12.0. The van der Waals surface area contributed by atoms with Gasteiger partial charge in [0.25, 0.3) is 0 Å². The van der Waals surface area contributed by atoms with Crippen molar-refractivity contribution in [3.63, 3.8) is 0 Å². The van der Waals surface area contributed by atoms with Crippen LogP contribution in [0.1, 0.15) is 24.3 Å². The monoisotopic (exact) mass is 308 g/mol. The summed E-state index contributed by atoms with van der Waals surface area (Å²) in [6.07, 6.45) is 0. The maximum absolute atomic E-state index is 6.14. The van der Waals surface area contributed by atoms with Crippen molar-refractivity contribution in [3.8, 4) is 0 Å². The second-order valence-corrected chi connectivity index (χ2v) is 6.12. The summed E-state index contributed by atoms with van der Waals surface area (Å²) >= 11 is 7.95. The molecule has 0 aliphatic carbocycles. The van der Waals surface area contributed by atoms with Crippen molar-refractivity contribution < 1.29 is 0 Å². The molecule has 0 saturated carbocycles. The third-order valence-electron chi connectivity index (χ3n) is 3.26. The molecule has 2 aromatic rings. The maximum atomic E-state index is 6.14. The summed E-state index contributed by atoms with van der Waals surface area (Å²) in [5.41, 5.74) is 2.53. The largest absolute Gasteiger partial charge is 0.366 e. The van der Waals surface area contributed by atoms with E-state index in [1.54, 1.807) is 11.3 Å². The fraction of sp³-hybridized carbons (Fsp3) is 0.375. The van der Waals surface area contributed by atoms with E-state index in [1.165, 1.54) is 16.1 Å². The molecule has 108 valence electrons. The Morgan fingerprint density at radius 1 is 1.25 bits per heavy atom. The fourth-order valence-corrected chi connectivity index (χ4v) is 3.14. The first-order valence-corrected chi connectivity index (χ1v) is 8.26. The Morgan fingerprint density at radius 3 is 2.75 bits per heavy atom. The lowest BCUT2D eigenvalue weighted by Gasteiger charge is -2.25. The highest BCUT2D eigenvalue weighted by Crippen LogP contribution is 2.26. The fourth-order valence-electron chi connectivity index (χ4n) is 2.22. The lowest BCUT2D eigenvalue weighted by molar-refractivity contribution is 0.719. The highest BCUT2D eigenvalue weighted by molar-refractivity contribution is 7.09. The molecule has 0 fully saturated rings. The lowest BCUT2D eigenvalue weighted by Crippen LogP contribution is -2.24. The van der Waals surface area contributed by atoms with Crippen LogP contribution in [0.4, 0.5) is 5.69 Å². The van der Waals surface area contributed by atoms with E-state index in [9.17, 15) is 0 Å². The Hall–Kier alpha value is -1.03. The van der Waals surface area contributed by atoms with Crippen LogP contribution in [0.15, 0.2) is 35.7 Å². The molecule has 0 radical (unpaired) electrons. The maximum Gasteiger partial charge on any atom is 0.0522 e. The molecule has 0 atom stereocenters. The molecule has 0 spiro atoms. The van der Waals surface area contributed by atoms with Crippen LogP contribution < -0.4 is 10.2 Å². The van der Waals surface area contributed by atoms with Gasteiger partial charge in [-0.05, 0) is 48.7 Å². The number of halogens is 1. The standard InChI is InChI=1S/C16H21ClN2S/c1-3-18-11-13-10-14(17)7-8-16(13)19(4-2)12-15-6-5-9-20-15/h5-10,18H,3-4,11-12H2,1-2H3. The normalized spacial score (nSPS) is 10.8. The summed E-state index contributed by atoms with van der Waals surface area (Å²) in [7, 11) is 0. The summed E-state index contributed by atoms with van der Waals surface area (Å²) in [5.74, 6) is 0. The molecule has 4 heteroatoms. The average Bonchev–Trinajstić information content (AvgIpc) is 2.96. The van der Waals surface area contributed by atoms with E-state index in [2.05, 4.69) is 53.7 Å². The van der Waals surface area contributed by atoms with Gasteiger partial charge in [-0.3, -0.25) is 0 Å². The number of thiophene rings is 1. The van der Waals surface area contributed by atoms with Gasteiger partial charge in [0.2, 0.25) is 0 Å². The van der Waals surface area contributed by atoms with Gasteiger partial charge in [-0.1, -0.05) is 24.6 Å². The van der Waals surface area contributed by atoms with Gasteiger partial charge < -0.3 is 10.2 Å². The number of nitrogens with one attached hydrogen (secondary N) is 1. The Labute approximate surface area is 130 Å². The second kappa shape index (κ2) is 7.67. The van der Waals surface area contributed by atoms with Crippen molar-refractivity contribution in [1.82, 2.24) is 5.32 Å². The molecule has 1 aromatic carbocycles. The minimum absolute atomic E-state index is 0.800. The van der Waals surface area contributed by atoms with Crippen LogP contribution in [-0.2, 0) is 13.1 Å². The molecule has 0 aliphatic rings. The third-order valence-corrected chi connectivity index (χ3v) is 4.35. The van der Waals surface area contributed by atoms with Crippen molar-refractivity contribution in [2.24, 2.45) is 0 Å². The van der Waals surface area contributed by atoms with Gasteiger partial charge >= 0.3 is 0 Å². The molecule has 0 saturated heterocycles. The topological polar surface area (TPSA) is 15.3 Å². The van der Waals surface area contributed by atoms with Gasteiger partial charge in [-0.15, -0.1) is 11.3 Å². The van der Waals surface area contributed by atoms with Crippen LogP contribution in [0, 0.1) is 0 Å². The van der Waals surface area contributed by atoms with Crippen molar-refractivity contribution in [2.45, 2.75) is 26.9 Å². The first-order chi connectivity index (χ1) is 9.74. The molecule has 1 aromatic heterocycles. The highest BCUT2D eigenvalue weighted by Gasteiger charge is 2.11. The summed E-state index contributed by atoms with van der Waals surface area (Å²) in [6, 6.07) is 10.5. The molecule has 20 heavy (non-hydrogen) atoms. The second-order valence-electron chi connectivity index (χ2n) is 4.65. The molecule has 1 N–H and O–H groups in total. The van der Waals surface area contributed by atoms with Gasteiger partial charge in [0.1, 0.15) is 0 Å². The number of rotatable bonds is 7. The zero-order valence-corrected chi connectivity index (χ0v) is 13.6. The van der Waals surface area contributed by atoms with Gasteiger partial charge in [-0.25, -0.2) is 0 Å². The Bertz CT molecular complexity index is 525. The van der Waals surface area contributed by atoms with Crippen molar-refractivity contribution in [2.75, 3.05) is 18.0 Å².